The Balaban J connectivity index is 2.47. The number of hydrogen-bond donors (Lipinski definition) is 2. The third kappa shape index (κ3) is 3.45. The zero-order valence-corrected chi connectivity index (χ0v) is 14.1. The fourth-order valence-electron chi connectivity index (χ4n) is 2.36. The van der Waals surface area contributed by atoms with E-state index in [1.165, 1.54) is 18.2 Å². The summed E-state index contributed by atoms with van der Waals surface area (Å²) < 4.78 is 51.2. The van der Waals surface area contributed by atoms with Gasteiger partial charge in [0, 0.05) is 11.3 Å². The van der Waals surface area contributed by atoms with Crippen LogP contribution < -0.4 is 5.73 Å². The largest absolute Gasteiger partial charge is 0.492 e. The molecule has 1 aliphatic rings. The number of anilines is 1. The van der Waals surface area contributed by atoms with Gasteiger partial charge in [-0.1, -0.05) is 12.1 Å². The van der Waals surface area contributed by atoms with Crippen LogP contribution in [0.1, 0.15) is 38.8 Å². The molecular formula is C16H21BF3NO3. The van der Waals surface area contributed by atoms with Gasteiger partial charge in [-0.15, -0.1) is 0 Å². The first-order chi connectivity index (χ1) is 10.9. The number of rotatable bonds is 3. The van der Waals surface area contributed by atoms with Gasteiger partial charge in [0.25, 0.3) is 0 Å². The van der Waals surface area contributed by atoms with E-state index >= 15 is 0 Å². The lowest BCUT2D eigenvalue weighted by Crippen LogP contribution is -2.41. The van der Waals surface area contributed by atoms with Crippen molar-refractivity contribution >= 4 is 18.9 Å². The molecule has 3 N–H and O–H groups in total. The quantitative estimate of drug-likeness (QED) is 0.653. The predicted octanol–water partition coefficient (Wildman–Crippen LogP) is 3.29. The summed E-state index contributed by atoms with van der Waals surface area (Å²) in [7, 11) is -0.944. The van der Waals surface area contributed by atoms with Gasteiger partial charge in [0.05, 0.1) is 23.4 Å². The molecule has 0 atom stereocenters. The van der Waals surface area contributed by atoms with Crippen LogP contribution in [0.15, 0.2) is 23.7 Å². The van der Waals surface area contributed by atoms with Crippen molar-refractivity contribution in [2.45, 2.75) is 45.1 Å². The minimum Gasteiger partial charge on any atom is -0.400 e. The highest BCUT2D eigenvalue weighted by molar-refractivity contribution is 6.55. The summed E-state index contributed by atoms with van der Waals surface area (Å²) in [5.74, 6) is 0. The van der Waals surface area contributed by atoms with Crippen molar-refractivity contribution in [2.24, 2.45) is 0 Å². The minimum atomic E-state index is -4.56. The maximum absolute atomic E-state index is 13.2. The summed E-state index contributed by atoms with van der Waals surface area (Å²) in [6.07, 6.45) is -3.36. The van der Waals surface area contributed by atoms with Crippen LogP contribution in [0.3, 0.4) is 0 Å². The average molecular weight is 343 g/mol. The highest BCUT2D eigenvalue weighted by Crippen LogP contribution is 2.40. The zero-order chi connectivity index (χ0) is 18.3. The van der Waals surface area contributed by atoms with Gasteiger partial charge in [-0.25, -0.2) is 0 Å². The first kappa shape index (κ1) is 18.8. The summed E-state index contributed by atoms with van der Waals surface area (Å²) in [4.78, 5) is 0. The van der Waals surface area contributed by atoms with Crippen molar-refractivity contribution in [1.82, 2.24) is 0 Å². The van der Waals surface area contributed by atoms with Crippen LogP contribution in [-0.2, 0) is 15.5 Å². The van der Waals surface area contributed by atoms with Gasteiger partial charge < -0.3 is 20.1 Å². The third-order valence-electron chi connectivity index (χ3n) is 4.51. The van der Waals surface area contributed by atoms with E-state index in [-0.39, 0.29) is 16.7 Å². The van der Waals surface area contributed by atoms with Crippen LogP contribution in [-0.4, -0.2) is 30.0 Å². The van der Waals surface area contributed by atoms with Crippen molar-refractivity contribution in [1.29, 1.82) is 0 Å². The number of nitrogens with two attached hydrogens (primary N) is 1. The predicted molar refractivity (Wildman–Crippen MR) is 87.0 cm³/mol. The van der Waals surface area contributed by atoms with Crippen LogP contribution in [0.4, 0.5) is 18.9 Å². The summed E-state index contributed by atoms with van der Waals surface area (Å²) in [6, 6.07) is 3.56. The van der Waals surface area contributed by atoms with Gasteiger partial charge in [-0.05, 0) is 45.3 Å². The van der Waals surface area contributed by atoms with Crippen LogP contribution in [0.5, 0.6) is 0 Å². The molecule has 24 heavy (non-hydrogen) atoms. The van der Waals surface area contributed by atoms with Crippen molar-refractivity contribution in [2.75, 3.05) is 12.3 Å². The monoisotopic (exact) mass is 343 g/mol. The Kier molecular flexibility index (Phi) is 4.78. The van der Waals surface area contributed by atoms with Crippen molar-refractivity contribution in [3.63, 3.8) is 0 Å². The van der Waals surface area contributed by atoms with Crippen LogP contribution >= 0.6 is 0 Å². The molecule has 1 heterocycles. The Morgan fingerprint density at radius 2 is 1.75 bits per heavy atom. The maximum Gasteiger partial charge on any atom is 0.492 e. The summed E-state index contributed by atoms with van der Waals surface area (Å²) >= 11 is 0. The Labute approximate surface area is 139 Å². The average Bonchev–Trinajstić information content (AvgIpc) is 2.64. The van der Waals surface area contributed by atoms with E-state index in [9.17, 15) is 18.3 Å². The number of aliphatic hydroxyl groups is 1. The highest BCUT2D eigenvalue weighted by Gasteiger charge is 2.52. The van der Waals surface area contributed by atoms with Crippen LogP contribution in [0, 0.1) is 0 Å². The molecule has 4 nitrogen and oxygen atoms in total. The molecule has 1 saturated heterocycles. The van der Waals surface area contributed by atoms with E-state index in [0.29, 0.717) is 0 Å². The number of nitrogen functional groups attached to an aromatic ring is 1. The van der Waals surface area contributed by atoms with Gasteiger partial charge in [0.15, 0.2) is 0 Å². The molecule has 2 rings (SSSR count). The molecule has 1 fully saturated rings. The Bertz CT molecular complexity index is 640. The molecule has 8 heteroatoms. The summed E-state index contributed by atoms with van der Waals surface area (Å²) in [6.45, 7) is 6.77. The van der Waals surface area contributed by atoms with Gasteiger partial charge in [0.2, 0.25) is 0 Å². The molecule has 0 radical (unpaired) electrons. The molecule has 0 saturated carbocycles. The van der Waals surface area contributed by atoms with Crippen LogP contribution in [0.25, 0.3) is 6.08 Å². The Morgan fingerprint density at radius 3 is 2.21 bits per heavy atom. The fourth-order valence-corrected chi connectivity index (χ4v) is 2.36. The minimum absolute atomic E-state index is 0.0349. The highest BCUT2D eigenvalue weighted by atomic mass is 19.4. The second-order valence-corrected chi connectivity index (χ2v) is 6.77. The van der Waals surface area contributed by atoms with Gasteiger partial charge in [-0.3, -0.25) is 0 Å². The molecule has 0 bridgehead atoms. The van der Waals surface area contributed by atoms with Crippen molar-refractivity contribution in [3.8, 4) is 0 Å². The van der Waals surface area contributed by atoms with Gasteiger partial charge in [-0.2, -0.15) is 13.2 Å². The molecule has 1 aromatic carbocycles. The first-order valence-corrected chi connectivity index (χ1v) is 7.52. The smallest absolute Gasteiger partial charge is 0.400 e. The first-order valence-electron chi connectivity index (χ1n) is 7.52. The zero-order valence-electron chi connectivity index (χ0n) is 14.1. The second-order valence-electron chi connectivity index (χ2n) is 6.77. The number of hydrogen-bond acceptors (Lipinski definition) is 4. The Hall–Kier alpha value is -1.51. The number of aliphatic hydroxyl groups excluding tert-OH is 1. The molecule has 132 valence electrons. The summed E-state index contributed by atoms with van der Waals surface area (Å²) in [5, 5.41) is 9.62. The lowest BCUT2D eigenvalue weighted by molar-refractivity contribution is -0.137. The SMILES string of the molecule is CC1(C)OB(C(=Cc2c(N)cccc2C(F)(F)F)CO)OC1(C)C. The van der Waals surface area contributed by atoms with E-state index < -0.39 is 36.7 Å². The molecular weight excluding hydrogens is 322 g/mol. The molecule has 1 aliphatic heterocycles. The Morgan fingerprint density at radius 1 is 1.21 bits per heavy atom. The standard InChI is InChI=1S/C16H21BF3NO3/c1-14(2)15(3,4)24-17(23-14)10(9-22)8-11-12(16(18,19)20)6-5-7-13(11)21/h5-8,22H,9,21H2,1-4H3. The lowest BCUT2D eigenvalue weighted by Gasteiger charge is -2.32. The summed E-state index contributed by atoms with van der Waals surface area (Å²) in [5.41, 5.74) is 3.45. The maximum atomic E-state index is 13.2. The van der Waals surface area contributed by atoms with E-state index in [0.717, 1.165) is 6.07 Å². The van der Waals surface area contributed by atoms with Crippen molar-refractivity contribution in [3.05, 3.63) is 34.8 Å². The van der Waals surface area contributed by atoms with Gasteiger partial charge >= 0.3 is 13.3 Å². The number of alkyl halides is 3. The molecule has 0 spiro atoms. The number of halogens is 3. The molecule has 0 unspecified atom stereocenters. The van der Waals surface area contributed by atoms with E-state index in [4.69, 9.17) is 15.0 Å². The van der Waals surface area contributed by atoms with Crippen molar-refractivity contribution < 1.29 is 27.6 Å². The molecule has 1 aromatic rings. The van der Waals surface area contributed by atoms with E-state index in [1.807, 2.05) is 27.7 Å². The molecule has 0 amide bonds. The lowest BCUT2D eigenvalue weighted by atomic mass is 9.77. The normalized spacial score (nSPS) is 20.5. The van der Waals surface area contributed by atoms with Gasteiger partial charge in [0.1, 0.15) is 0 Å². The van der Waals surface area contributed by atoms with E-state index in [1.54, 1.807) is 0 Å². The topological polar surface area (TPSA) is 64.7 Å². The van der Waals surface area contributed by atoms with Crippen LogP contribution in [0.2, 0.25) is 0 Å². The number of benzene rings is 1. The van der Waals surface area contributed by atoms with E-state index in [2.05, 4.69) is 0 Å². The molecule has 0 aliphatic carbocycles. The fraction of sp³-hybridized carbons (Fsp3) is 0.500. The second kappa shape index (κ2) is 6.09. The molecule has 0 aromatic heterocycles. The third-order valence-corrected chi connectivity index (χ3v) is 4.51.